The molecule has 3 atom stereocenters. The van der Waals surface area contributed by atoms with Gasteiger partial charge in [0.05, 0.1) is 0 Å². The van der Waals surface area contributed by atoms with E-state index in [0.717, 1.165) is 25.2 Å². The van der Waals surface area contributed by atoms with Gasteiger partial charge in [-0.2, -0.15) is 0 Å². The summed E-state index contributed by atoms with van der Waals surface area (Å²) in [6.07, 6.45) is 10.9. The van der Waals surface area contributed by atoms with Gasteiger partial charge in [0, 0.05) is 12.0 Å². The predicted molar refractivity (Wildman–Crippen MR) is 68.6 cm³/mol. The van der Waals surface area contributed by atoms with Gasteiger partial charge in [0.15, 0.2) is 0 Å². The molecule has 0 bridgehead atoms. The van der Waals surface area contributed by atoms with Crippen molar-refractivity contribution >= 4 is 5.97 Å². The van der Waals surface area contributed by atoms with E-state index in [0.29, 0.717) is 5.92 Å². The van der Waals surface area contributed by atoms with E-state index in [1.807, 2.05) is 0 Å². The molecule has 0 N–H and O–H groups in total. The Balaban J connectivity index is 2.11. The minimum Gasteiger partial charge on any atom is -0.456 e. The lowest BCUT2D eigenvalue weighted by Gasteiger charge is -2.35. The number of hydrogen-bond donors (Lipinski definition) is 0. The smallest absolute Gasteiger partial charge is 0.330 e. The second-order valence-electron chi connectivity index (χ2n) is 5.63. The Morgan fingerprint density at radius 2 is 2.29 bits per heavy atom. The monoisotopic (exact) mass is 236 g/mol. The van der Waals surface area contributed by atoms with Crippen molar-refractivity contribution < 1.29 is 9.53 Å². The van der Waals surface area contributed by atoms with Crippen molar-refractivity contribution in [2.24, 2.45) is 11.8 Å². The van der Waals surface area contributed by atoms with Crippen molar-refractivity contribution in [1.82, 2.24) is 0 Å². The molecule has 0 aromatic heterocycles. The van der Waals surface area contributed by atoms with Crippen LogP contribution in [0.25, 0.3) is 0 Å². The first-order chi connectivity index (χ1) is 8.22. The van der Waals surface area contributed by atoms with Crippen LogP contribution in [-0.2, 0) is 9.53 Å². The van der Waals surface area contributed by atoms with E-state index in [1.54, 1.807) is 0 Å². The molecule has 0 aromatic carbocycles. The van der Waals surface area contributed by atoms with Gasteiger partial charge in [-0.25, -0.2) is 4.79 Å². The van der Waals surface area contributed by atoms with Gasteiger partial charge in [-0.1, -0.05) is 32.8 Å². The topological polar surface area (TPSA) is 26.3 Å². The number of fused-ring (bicyclic) bond motifs is 1. The Labute approximate surface area is 104 Å². The van der Waals surface area contributed by atoms with Crippen LogP contribution in [0.15, 0.2) is 12.7 Å². The molecule has 17 heavy (non-hydrogen) atoms. The molecular weight excluding hydrogens is 212 g/mol. The standard InChI is InChI=1S/C15H24O2/c1-3-5-10-15(17-14(16)4-2)11-9-12-7-6-8-13(12)15/h4,12-13H,2-3,5-11H2,1H3. The zero-order valence-electron chi connectivity index (χ0n) is 10.9. The summed E-state index contributed by atoms with van der Waals surface area (Å²) < 4.78 is 5.81. The van der Waals surface area contributed by atoms with Gasteiger partial charge in [-0.15, -0.1) is 0 Å². The van der Waals surface area contributed by atoms with Gasteiger partial charge >= 0.3 is 5.97 Å². The first-order valence-corrected chi connectivity index (χ1v) is 7.07. The lowest BCUT2D eigenvalue weighted by Crippen LogP contribution is -2.39. The highest BCUT2D eigenvalue weighted by molar-refractivity contribution is 5.81. The Bertz CT molecular complexity index is 297. The highest BCUT2D eigenvalue weighted by Gasteiger charge is 2.52. The largest absolute Gasteiger partial charge is 0.456 e. The summed E-state index contributed by atoms with van der Waals surface area (Å²) in [5, 5.41) is 0. The fourth-order valence-electron chi connectivity index (χ4n) is 3.90. The SMILES string of the molecule is C=CC(=O)OC1(CCCC)CCC2CCCC21. The number of ether oxygens (including phenoxy) is 1. The van der Waals surface area contributed by atoms with Crippen LogP contribution >= 0.6 is 0 Å². The lowest BCUT2D eigenvalue weighted by atomic mass is 9.83. The predicted octanol–water partition coefficient (Wildman–Crippen LogP) is 3.85. The fourth-order valence-corrected chi connectivity index (χ4v) is 3.90. The minimum atomic E-state index is -0.228. The average molecular weight is 236 g/mol. The van der Waals surface area contributed by atoms with Crippen LogP contribution in [0.2, 0.25) is 0 Å². The maximum Gasteiger partial charge on any atom is 0.330 e. The highest BCUT2D eigenvalue weighted by Crippen LogP contribution is 2.53. The van der Waals surface area contributed by atoms with E-state index in [1.165, 1.54) is 38.2 Å². The molecule has 2 nitrogen and oxygen atoms in total. The molecule has 2 fully saturated rings. The maximum absolute atomic E-state index is 11.6. The highest BCUT2D eigenvalue weighted by atomic mass is 16.6. The van der Waals surface area contributed by atoms with Crippen molar-refractivity contribution in [1.29, 1.82) is 0 Å². The molecule has 3 unspecified atom stereocenters. The molecule has 2 rings (SSSR count). The Hall–Kier alpha value is -0.790. The fraction of sp³-hybridized carbons (Fsp3) is 0.800. The summed E-state index contributed by atoms with van der Waals surface area (Å²) in [6, 6.07) is 0. The molecule has 2 saturated carbocycles. The number of esters is 1. The number of hydrogen-bond acceptors (Lipinski definition) is 2. The van der Waals surface area contributed by atoms with E-state index in [4.69, 9.17) is 4.74 Å². The summed E-state index contributed by atoms with van der Waals surface area (Å²) in [5.74, 6) is 1.20. The third kappa shape index (κ3) is 2.41. The number of rotatable bonds is 5. The molecule has 0 saturated heterocycles. The first kappa shape index (κ1) is 12.7. The van der Waals surface area contributed by atoms with Crippen molar-refractivity contribution in [3.8, 4) is 0 Å². The van der Waals surface area contributed by atoms with Crippen LogP contribution in [0.3, 0.4) is 0 Å². The van der Waals surface area contributed by atoms with Crippen LogP contribution in [-0.4, -0.2) is 11.6 Å². The van der Waals surface area contributed by atoms with Gasteiger partial charge in [-0.3, -0.25) is 0 Å². The van der Waals surface area contributed by atoms with E-state index < -0.39 is 0 Å². The molecule has 2 aliphatic carbocycles. The number of carbonyl (C=O) groups excluding carboxylic acids is 1. The van der Waals surface area contributed by atoms with E-state index in [-0.39, 0.29) is 11.6 Å². The number of carbonyl (C=O) groups is 1. The molecule has 0 aromatic rings. The average Bonchev–Trinajstić information content (AvgIpc) is 2.91. The second-order valence-corrected chi connectivity index (χ2v) is 5.63. The Morgan fingerprint density at radius 1 is 1.47 bits per heavy atom. The molecule has 0 heterocycles. The van der Waals surface area contributed by atoms with Gasteiger partial charge < -0.3 is 4.74 Å². The molecular formula is C15H24O2. The van der Waals surface area contributed by atoms with Crippen LogP contribution < -0.4 is 0 Å². The van der Waals surface area contributed by atoms with Crippen molar-refractivity contribution in [3.05, 3.63) is 12.7 Å². The van der Waals surface area contributed by atoms with Crippen molar-refractivity contribution in [2.75, 3.05) is 0 Å². The molecule has 2 aliphatic rings. The molecule has 0 aliphatic heterocycles. The van der Waals surface area contributed by atoms with E-state index >= 15 is 0 Å². The first-order valence-electron chi connectivity index (χ1n) is 7.07. The number of unbranched alkanes of at least 4 members (excludes halogenated alkanes) is 1. The molecule has 0 spiro atoms. The minimum absolute atomic E-state index is 0.150. The van der Waals surface area contributed by atoms with Crippen LogP contribution in [0.1, 0.15) is 58.3 Å². The van der Waals surface area contributed by atoms with Crippen LogP contribution in [0.5, 0.6) is 0 Å². The third-order valence-electron chi connectivity index (χ3n) is 4.70. The quantitative estimate of drug-likeness (QED) is 0.535. The molecule has 2 heteroatoms. The van der Waals surface area contributed by atoms with Gasteiger partial charge in [0.2, 0.25) is 0 Å². The lowest BCUT2D eigenvalue weighted by molar-refractivity contribution is -0.159. The summed E-state index contributed by atoms with van der Waals surface area (Å²) >= 11 is 0. The molecule has 0 amide bonds. The summed E-state index contributed by atoms with van der Waals surface area (Å²) in [4.78, 5) is 11.6. The van der Waals surface area contributed by atoms with E-state index in [2.05, 4.69) is 13.5 Å². The van der Waals surface area contributed by atoms with Crippen molar-refractivity contribution in [3.63, 3.8) is 0 Å². The van der Waals surface area contributed by atoms with Crippen molar-refractivity contribution in [2.45, 2.75) is 63.9 Å². The maximum atomic E-state index is 11.6. The summed E-state index contributed by atoms with van der Waals surface area (Å²) in [5.41, 5.74) is -0.150. The van der Waals surface area contributed by atoms with Crippen LogP contribution in [0, 0.1) is 11.8 Å². The molecule has 96 valence electrons. The van der Waals surface area contributed by atoms with Crippen LogP contribution in [0.4, 0.5) is 0 Å². The zero-order chi connectivity index (χ0) is 12.3. The third-order valence-corrected chi connectivity index (χ3v) is 4.70. The van der Waals surface area contributed by atoms with Gasteiger partial charge in [-0.05, 0) is 38.0 Å². The van der Waals surface area contributed by atoms with Gasteiger partial charge in [0.25, 0.3) is 0 Å². The van der Waals surface area contributed by atoms with E-state index in [9.17, 15) is 4.79 Å². The second kappa shape index (κ2) is 5.24. The Kier molecular flexibility index (Phi) is 3.90. The summed E-state index contributed by atoms with van der Waals surface area (Å²) in [6.45, 7) is 5.72. The van der Waals surface area contributed by atoms with Gasteiger partial charge in [0.1, 0.15) is 5.60 Å². The Morgan fingerprint density at radius 3 is 3.00 bits per heavy atom. The normalized spacial score (nSPS) is 35.6. The molecule has 0 radical (unpaired) electrons. The summed E-state index contributed by atoms with van der Waals surface area (Å²) in [7, 11) is 0. The zero-order valence-corrected chi connectivity index (χ0v) is 10.9.